The SMILES string of the molecule is C=CC(=C)CCCCCOCC#CC(=O)OC. The van der Waals surface area contributed by atoms with Gasteiger partial charge in [0.05, 0.1) is 7.11 Å². The minimum Gasteiger partial charge on any atom is -0.459 e. The third-order valence-electron chi connectivity index (χ3n) is 2.13. The third kappa shape index (κ3) is 10.7. The van der Waals surface area contributed by atoms with E-state index < -0.39 is 5.97 Å². The highest BCUT2D eigenvalue weighted by Crippen LogP contribution is 2.07. The monoisotopic (exact) mass is 236 g/mol. The molecule has 3 nitrogen and oxygen atoms in total. The quantitative estimate of drug-likeness (QED) is 0.213. The number of ether oxygens (including phenoxy) is 2. The lowest BCUT2D eigenvalue weighted by atomic mass is 10.1. The molecule has 0 aliphatic carbocycles. The summed E-state index contributed by atoms with van der Waals surface area (Å²) in [6, 6.07) is 0. The van der Waals surface area contributed by atoms with Gasteiger partial charge in [-0.3, -0.25) is 0 Å². The lowest BCUT2D eigenvalue weighted by Crippen LogP contribution is -1.98. The van der Waals surface area contributed by atoms with E-state index >= 15 is 0 Å². The fraction of sp³-hybridized carbons (Fsp3) is 0.500. The van der Waals surface area contributed by atoms with E-state index in [9.17, 15) is 4.79 Å². The molecule has 0 aliphatic heterocycles. The molecule has 0 fully saturated rings. The maximum atomic E-state index is 10.6. The van der Waals surface area contributed by atoms with Gasteiger partial charge in [-0.1, -0.05) is 37.1 Å². The van der Waals surface area contributed by atoms with Gasteiger partial charge in [-0.15, -0.1) is 0 Å². The van der Waals surface area contributed by atoms with Crippen molar-refractivity contribution in [2.24, 2.45) is 0 Å². The van der Waals surface area contributed by atoms with Crippen LogP contribution >= 0.6 is 0 Å². The molecule has 3 heteroatoms. The van der Waals surface area contributed by atoms with E-state index in [0.717, 1.165) is 31.3 Å². The van der Waals surface area contributed by atoms with E-state index in [1.54, 1.807) is 6.08 Å². The van der Waals surface area contributed by atoms with Crippen LogP contribution < -0.4 is 0 Å². The van der Waals surface area contributed by atoms with Crippen LogP contribution in [0.1, 0.15) is 25.7 Å². The van der Waals surface area contributed by atoms with E-state index in [0.29, 0.717) is 6.61 Å². The Balaban J connectivity index is 3.29. The molecule has 0 aliphatic rings. The van der Waals surface area contributed by atoms with E-state index in [1.165, 1.54) is 7.11 Å². The van der Waals surface area contributed by atoms with E-state index in [2.05, 4.69) is 29.7 Å². The molecule has 0 amide bonds. The van der Waals surface area contributed by atoms with Crippen molar-refractivity contribution >= 4 is 5.97 Å². The van der Waals surface area contributed by atoms with Gasteiger partial charge >= 0.3 is 5.97 Å². The summed E-state index contributed by atoms with van der Waals surface area (Å²) in [4.78, 5) is 10.6. The topological polar surface area (TPSA) is 35.5 Å². The van der Waals surface area contributed by atoms with Crippen molar-refractivity contribution in [1.82, 2.24) is 0 Å². The lowest BCUT2D eigenvalue weighted by Gasteiger charge is -2.01. The summed E-state index contributed by atoms with van der Waals surface area (Å²) in [6.45, 7) is 8.43. The van der Waals surface area contributed by atoms with Gasteiger partial charge in [-0.25, -0.2) is 4.79 Å². The lowest BCUT2D eigenvalue weighted by molar-refractivity contribution is -0.133. The number of esters is 1. The molecule has 0 aromatic heterocycles. The van der Waals surface area contributed by atoms with Crippen LogP contribution in [0, 0.1) is 11.8 Å². The average molecular weight is 236 g/mol. The third-order valence-corrected chi connectivity index (χ3v) is 2.13. The molecule has 0 saturated carbocycles. The Hall–Kier alpha value is -1.53. The predicted octanol–water partition coefficient (Wildman–Crippen LogP) is 2.48. The van der Waals surface area contributed by atoms with Crippen molar-refractivity contribution in [1.29, 1.82) is 0 Å². The minimum atomic E-state index is -0.531. The number of hydrogen-bond acceptors (Lipinski definition) is 3. The van der Waals surface area contributed by atoms with Crippen LogP contribution in [0.15, 0.2) is 24.8 Å². The molecule has 0 aromatic carbocycles. The number of methoxy groups -OCH3 is 1. The highest BCUT2D eigenvalue weighted by molar-refractivity contribution is 5.88. The maximum absolute atomic E-state index is 10.6. The smallest absolute Gasteiger partial charge is 0.384 e. The second-order valence-corrected chi connectivity index (χ2v) is 3.52. The van der Waals surface area contributed by atoms with Gasteiger partial charge in [0.2, 0.25) is 0 Å². The largest absolute Gasteiger partial charge is 0.459 e. The summed E-state index contributed by atoms with van der Waals surface area (Å²) in [5, 5.41) is 0. The maximum Gasteiger partial charge on any atom is 0.384 e. The summed E-state index contributed by atoms with van der Waals surface area (Å²) in [5.41, 5.74) is 1.08. The van der Waals surface area contributed by atoms with Crippen molar-refractivity contribution in [2.45, 2.75) is 25.7 Å². The Labute approximate surface area is 103 Å². The minimum absolute atomic E-state index is 0.272. The second-order valence-electron chi connectivity index (χ2n) is 3.52. The van der Waals surface area contributed by atoms with Crippen molar-refractivity contribution in [3.63, 3.8) is 0 Å². The summed E-state index contributed by atoms with van der Waals surface area (Å²) in [5.74, 6) is 4.35. The molecule has 0 unspecified atom stereocenters. The van der Waals surface area contributed by atoms with Gasteiger partial charge in [0.15, 0.2) is 0 Å². The van der Waals surface area contributed by atoms with Crippen LogP contribution in [-0.2, 0) is 14.3 Å². The van der Waals surface area contributed by atoms with E-state index in [-0.39, 0.29) is 6.61 Å². The molecule has 0 saturated heterocycles. The van der Waals surface area contributed by atoms with Crippen molar-refractivity contribution in [3.05, 3.63) is 24.8 Å². The van der Waals surface area contributed by atoms with Crippen LogP contribution in [0.5, 0.6) is 0 Å². The first-order valence-electron chi connectivity index (χ1n) is 5.65. The molecule has 17 heavy (non-hydrogen) atoms. The zero-order valence-electron chi connectivity index (χ0n) is 10.5. The highest BCUT2D eigenvalue weighted by atomic mass is 16.5. The summed E-state index contributed by atoms with van der Waals surface area (Å²) in [6.07, 6.45) is 5.97. The van der Waals surface area contributed by atoms with Crippen molar-refractivity contribution in [3.8, 4) is 11.8 Å². The van der Waals surface area contributed by atoms with Gasteiger partial charge in [0, 0.05) is 12.5 Å². The molecule has 0 rings (SSSR count). The predicted molar refractivity (Wildman–Crippen MR) is 68.4 cm³/mol. The summed E-state index contributed by atoms with van der Waals surface area (Å²) < 4.78 is 9.60. The molecule has 0 aromatic rings. The summed E-state index contributed by atoms with van der Waals surface area (Å²) in [7, 11) is 1.30. The Morgan fingerprint density at radius 2 is 2.12 bits per heavy atom. The molecule has 0 N–H and O–H groups in total. The zero-order valence-corrected chi connectivity index (χ0v) is 10.5. The van der Waals surface area contributed by atoms with Gasteiger partial charge in [-0.05, 0) is 19.3 Å². The molecule has 0 radical (unpaired) electrons. The normalized spacial score (nSPS) is 9.00. The molecular weight excluding hydrogens is 216 g/mol. The number of carbonyl (C=O) groups is 1. The Morgan fingerprint density at radius 3 is 2.76 bits per heavy atom. The van der Waals surface area contributed by atoms with Gasteiger partial charge in [0.25, 0.3) is 0 Å². The first-order chi connectivity index (χ1) is 8.20. The fourth-order valence-electron chi connectivity index (χ4n) is 1.12. The van der Waals surface area contributed by atoms with Gasteiger partial charge in [-0.2, -0.15) is 0 Å². The summed E-state index contributed by atoms with van der Waals surface area (Å²) >= 11 is 0. The number of carbonyl (C=O) groups excluding carboxylic acids is 1. The molecule has 0 bridgehead atoms. The number of unbranched alkanes of at least 4 members (excludes halogenated alkanes) is 2. The van der Waals surface area contributed by atoms with Crippen LogP contribution in [0.25, 0.3) is 0 Å². The molecule has 0 heterocycles. The molecule has 0 spiro atoms. The van der Waals surface area contributed by atoms with Crippen molar-refractivity contribution in [2.75, 3.05) is 20.3 Å². The molecular formula is C14H20O3. The first-order valence-corrected chi connectivity index (χ1v) is 5.65. The highest BCUT2D eigenvalue weighted by Gasteiger charge is 1.92. The van der Waals surface area contributed by atoms with Crippen LogP contribution in [-0.4, -0.2) is 26.3 Å². The van der Waals surface area contributed by atoms with Gasteiger partial charge in [0.1, 0.15) is 6.61 Å². The molecule has 0 atom stereocenters. The van der Waals surface area contributed by atoms with Crippen LogP contribution in [0.3, 0.4) is 0 Å². The number of allylic oxidation sites excluding steroid dienone is 2. The van der Waals surface area contributed by atoms with Crippen LogP contribution in [0.2, 0.25) is 0 Å². The van der Waals surface area contributed by atoms with Gasteiger partial charge < -0.3 is 9.47 Å². The fourth-order valence-corrected chi connectivity index (χ4v) is 1.12. The Bertz CT molecular complexity index is 307. The first kappa shape index (κ1) is 15.5. The standard InChI is InChI=1S/C14H20O3/c1-4-13(2)9-6-5-7-11-17-12-8-10-14(15)16-3/h4H,1-2,5-7,9,11-12H2,3H3. The zero-order chi connectivity index (χ0) is 12.9. The Kier molecular flexibility index (Phi) is 9.98. The van der Waals surface area contributed by atoms with Crippen molar-refractivity contribution < 1.29 is 14.3 Å². The van der Waals surface area contributed by atoms with E-state index in [4.69, 9.17) is 4.74 Å². The second kappa shape index (κ2) is 11.0. The van der Waals surface area contributed by atoms with Crippen LogP contribution in [0.4, 0.5) is 0 Å². The molecule has 94 valence electrons. The number of rotatable bonds is 8. The number of hydrogen-bond donors (Lipinski definition) is 0. The van der Waals surface area contributed by atoms with E-state index in [1.807, 2.05) is 0 Å². The average Bonchev–Trinajstić information content (AvgIpc) is 2.35. The Morgan fingerprint density at radius 1 is 1.35 bits per heavy atom.